The lowest BCUT2D eigenvalue weighted by Gasteiger charge is -2.29. The van der Waals surface area contributed by atoms with Crippen molar-refractivity contribution in [2.24, 2.45) is 0 Å². The van der Waals surface area contributed by atoms with E-state index in [4.69, 9.17) is 0 Å². The molecule has 0 aliphatic heterocycles. The Morgan fingerprint density at radius 1 is 1.35 bits per heavy atom. The van der Waals surface area contributed by atoms with Crippen molar-refractivity contribution in [3.63, 3.8) is 0 Å². The van der Waals surface area contributed by atoms with Gasteiger partial charge in [-0.25, -0.2) is 4.98 Å². The Bertz CT molecular complexity index is 499. The van der Waals surface area contributed by atoms with E-state index >= 15 is 0 Å². The van der Waals surface area contributed by atoms with Crippen molar-refractivity contribution in [3.05, 3.63) is 28.1 Å². The van der Waals surface area contributed by atoms with E-state index in [-0.39, 0.29) is 5.69 Å². The van der Waals surface area contributed by atoms with Crippen LogP contribution in [0.5, 0.6) is 0 Å². The van der Waals surface area contributed by atoms with E-state index in [0.717, 1.165) is 0 Å². The first kappa shape index (κ1) is 16.2. The molecule has 20 heavy (non-hydrogen) atoms. The molecule has 0 unspecified atom stereocenters. The predicted molar refractivity (Wildman–Crippen MR) is 68.5 cm³/mol. The molecule has 0 aliphatic carbocycles. The third kappa shape index (κ3) is 3.58. The van der Waals surface area contributed by atoms with Gasteiger partial charge in [0.15, 0.2) is 0 Å². The summed E-state index contributed by atoms with van der Waals surface area (Å²) < 4.78 is 37.9. The van der Waals surface area contributed by atoms with E-state index in [1.807, 2.05) is 13.8 Å². The highest BCUT2D eigenvalue weighted by molar-refractivity contribution is 5.62. The summed E-state index contributed by atoms with van der Waals surface area (Å²) in [5.74, 6) is 0. The van der Waals surface area contributed by atoms with Gasteiger partial charge in [-0.3, -0.25) is 10.1 Å². The number of rotatable bonds is 5. The molecular formula is C12H16F3N3O2. The Morgan fingerprint density at radius 2 is 1.90 bits per heavy atom. The summed E-state index contributed by atoms with van der Waals surface area (Å²) in [5, 5.41) is 13.7. The monoisotopic (exact) mass is 291 g/mol. The molecule has 0 saturated carbocycles. The van der Waals surface area contributed by atoms with Crippen molar-refractivity contribution in [1.29, 1.82) is 0 Å². The van der Waals surface area contributed by atoms with E-state index < -0.39 is 28.0 Å². The van der Waals surface area contributed by atoms with Gasteiger partial charge in [-0.2, -0.15) is 13.2 Å². The molecular weight excluding hydrogens is 275 g/mol. The quantitative estimate of drug-likeness (QED) is 0.657. The van der Waals surface area contributed by atoms with Crippen LogP contribution in [0, 0.1) is 10.1 Å². The first-order valence-corrected chi connectivity index (χ1v) is 6.12. The van der Waals surface area contributed by atoms with Gasteiger partial charge in [0, 0.05) is 5.54 Å². The lowest BCUT2D eigenvalue weighted by atomic mass is 9.95. The SMILES string of the molecule is CCC(C)(CC)Nc1cc(C(F)(F)F)ncc1[N+](=O)[O-]. The van der Waals surface area contributed by atoms with Gasteiger partial charge in [-0.1, -0.05) is 13.8 Å². The zero-order valence-electron chi connectivity index (χ0n) is 11.4. The van der Waals surface area contributed by atoms with Gasteiger partial charge in [0.2, 0.25) is 0 Å². The van der Waals surface area contributed by atoms with Gasteiger partial charge >= 0.3 is 11.9 Å². The van der Waals surface area contributed by atoms with Crippen LogP contribution in [-0.4, -0.2) is 15.4 Å². The average molecular weight is 291 g/mol. The van der Waals surface area contributed by atoms with Crippen LogP contribution < -0.4 is 5.32 Å². The number of hydrogen-bond acceptors (Lipinski definition) is 4. The minimum Gasteiger partial charge on any atom is -0.374 e. The fraction of sp³-hybridized carbons (Fsp3) is 0.583. The summed E-state index contributed by atoms with van der Waals surface area (Å²) in [6.45, 7) is 5.51. The molecule has 0 amide bonds. The molecule has 112 valence electrons. The van der Waals surface area contributed by atoms with Gasteiger partial charge in [0.1, 0.15) is 17.6 Å². The number of nitro groups is 1. The molecule has 1 aromatic rings. The van der Waals surface area contributed by atoms with Crippen molar-refractivity contribution < 1.29 is 18.1 Å². The van der Waals surface area contributed by atoms with Crippen molar-refractivity contribution in [1.82, 2.24) is 4.98 Å². The molecule has 8 heteroatoms. The molecule has 1 heterocycles. The molecule has 0 aromatic carbocycles. The molecule has 1 N–H and O–H groups in total. The molecule has 0 bridgehead atoms. The number of aromatic nitrogens is 1. The van der Waals surface area contributed by atoms with E-state index in [9.17, 15) is 23.3 Å². The Kier molecular flexibility index (Phi) is 4.57. The van der Waals surface area contributed by atoms with E-state index in [1.165, 1.54) is 0 Å². The summed E-state index contributed by atoms with van der Waals surface area (Å²) in [7, 11) is 0. The minimum absolute atomic E-state index is 0.163. The number of halogens is 3. The maximum atomic E-state index is 12.6. The molecule has 0 saturated heterocycles. The zero-order chi connectivity index (χ0) is 15.6. The van der Waals surface area contributed by atoms with Gasteiger partial charge in [0.25, 0.3) is 0 Å². The molecule has 0 aliphatic rings. The van der Waals surface area contributed by atoms with Crippen molar-refractivity contribution >= 4 is 11.4 Å². The summed E-state index contributed by atoms with van der Waals surface area (Å²) in [6.07, 6.45) is -2.77. The van der Waals surface area contributed by atoms with Crippen molar-refractivity contribution in [3.8, 4) is 0 Å². The highest BCUT2D eigenvalue weighted by Crippen LogP contribution is 2.35. The number of pyridine rings is 1. The molecule has 0 atom stereocenters. The Labute approximate surface area is 114 Å². The molecule has 0 fully saturated rings. The van der Waals surface area contributed by atoms with Gasteiger partial charge in [0.05, 0.1) is 4.92 Å². The van der Waals surface area contributed by atoms with Crippen LogP contribution in [0.15, 0.2) is 12.3 Å². The number of anilines is 1. The first-order chi connectivity index (χ1) is 9.13. The number of nitrogens with one attached hydrogen (secondary N) is 1. The second-order valence-corrected chi connectivity index (χ2v) is 4.73. The third-order valence-electron chi connectivity index (χ3n) is 3.37. The average Bonchev–Trinajstić information content (AvgIpc) is 2.37. The summed E-state index contributed by atoms with van der Waals surface area (Å²) in [5.41, 5.74) is -2.30. The molecule has 0 radical (unpaired) electrons. The maximum Gasteiger partial charge on any atom is 0.433 e. The van der Waals surface area contributed by atoms with Gasteiger partial charge in [-0.15, -0.1) is 0 Å². The first-order valence-electron chi connectivity index (χ1n) is 6.12. The van der Waals surface area contributed by atoms with Crippen LogP contribution >= 0.6 is 0 Å². The Balaban J connectivity index is 3.29. The molecule has 1 rings (SSSR count). The number of hydrogen-bond donors (Lipinski definition) is 1. The molecule has 1 aromatic heterocycles. The summed E-state index contributed by atoms with van der Waals surface area (Å²) in [6, 6.07) is 0.682. The van der Waals surface area contributed by atoms with Crippen LogP contribution in [0.2, 0.25) is 0 Å². The fourth-order valence-electron chi connectivity index (χ4n) is 1.60. The second-order valence-electron chi connectivity index (χ2n) is 4.73. The molecule has 0 spiro atoms. The number of nitrogens with zero attached hydrogens (tertiary/aromatic N) is 2. The van der Waals surface area contributed by atoms with E-state index in [0.29, 0.717) is 25.1 Å². The predicted octanol–water partition coefficient (Wildman–Crippen LogP) is 4.00. The van der Waals surface area contributed by atoms with Crippen LogP contribution in [0.4, 0.5) is 24.5 Å². The third-order valence-corrected chi connectivity index (χ3v) is 3.37. The molecule has 5 nitrogen and oxygen atoms in total. The zero-order valence-corrected chi connectivity index (χ0v) is 11.4. The van der Waals surface area contributed by atoms with Crippen molar-refractivity contribution in [2.45, 2.75) is 45.3 Å². The van der Waals surface area contributed by atoms with Gasteiger partial charge in [-0.05, 0) is 25.8 Å². The standard InChI is InChI=1S/C12H16F3N3O2/c1-4-11(3,5-2)17-8-6-10(12(13,14)15)16-7-9(8)18(19)20/h6-7H,4-5H2,1-3H3,(H,16,17). The normalized spacial score (nSPS) is 12.3. The lowest BCUT2D eigenvalue weighted by Crippen LogP contribution is -2.33. The number of alkyl halides is 3. The van der Waals surface area contributed by atoms with Gasteiger partial charge < -0.3 is 5.32 Å². The van der Waals surface area contributed by atoms with Crippen LogP contribution in [0.3, 0.4) is 0 Å². The summed E-state index contributed by atoms with van der Waals surface area (Å²) in [4.78, 5) is 13.2. The van der Waals surface area contributed by atoms with E-state index in [1.54, 1.807) is 6.92 Å². The van der Waals surface area contributed by atoms with Crippen molar-refractivity contribution in [2.75, 3.05) is 5.32 Å². The Morgan fingerprint density at radius 3 is 2.30 bits per heavy atom. The topological polar surface area (TPSA) is 68.1 Å². The van der Waals surface area contributed by atoms with Crippen LogP contribution in [0.1, 0.15) is 39.3 Å². The highest BCUT2D eigenvalue weighted by Gasteiger charge is 2.35. The lowest BCUT2D eigenvalue weighted by molar-refractivity contribution is -0.384. The fourth-order valence-corrected chi connectivity index (χ4v) is 1.60. The second kappa shape index (κ2) is 5.64. The smallest absolute Gasteiger partial charge is 0.374 e. The van der Waals surface area contributed by atoms with E-state index in [2.05, 4.69) is 10.3 Å². The highest BCUT2D eigenvalue weighted by atomic mass is 19.4. The van der Waals surface area contributed by atoms with Crippen LogP contribution in [-0.2, 0) is 6.18 Å². The maximum absolute atomic E-state index is 12.6. The summed E-state index contributed by atoms with van der Waals surface area (Å²) >= 11 is 0. The van der Waals surface area contributed by atoms with Crippen LogP contribution in [0.25, 0.3) is 0 Å². The largest absolute Gasteiger partial charge is 0.433 e. The Hall–Kier alpha value is -1.86. The minimum atomic E-state index is -4.64.